The fourth-order valence-corrected chi connectivity index (χ4v) is 9.91. The van der Waals surface area contributed by atoms with Crippen LogP contribution in [-0.2, 0) is 11.2 Å². The van der Waals surface area contributed by atoms with Gasteiger partial charge in [0.05, 0.1) is 12.7 Å². The molecule has 3 aliphatic carbocycles. The van der Waals surface area contributed by atoms with Crippen molar-refractivity contribution in [1.82, 2.24) is 0 Å². The second kappa shape index (κ2) is 21.1. The average Bonchev–Trinajstić information content (AvgIpc) is 3.71. The molecule has 59 heavy (non-hydrogen) atoms. The summed E-state index contributed by atoms with van der Waals surface area (Å²) in [5.74, 6) is 0.104. The number of hydrogen-bond acceptors (Lipinski definition) is 5. The smallest absolute Gasteiger partial charge is 0.194 e. The Morgan fingerprint density at radius 2 is 0.814 bits per heavy atom. The highest BCUT2D eigenvalue weighted by molar-refractivity contribution is 15.0. The molecule has 0 heterocycles. The molecule has 0 amide bonds. The number of carbonyl (C=O) groups is 1. The number of benzene rings is 6. The Kier molecular flexibility index (Phi) is 17.7. The third-order valence-corrected chi connectivity index (χ3v) is 13.2. The molecular weight excluding hydrogens is 1480 g/mol. The predicted molar refractivity (Wildman–Crippen MR) is 287 cm³/mol. The van der Waals surface area contributed by atoms with Crippen molar-refractivity contribution in [3.05, 3.63) is 182 Å². The lowest BCUT2D eigenvalue weighted by Crippen LogP contribution is -2.31. The first kappa shape index (κ1) is 49.7. The van der Waals surface area contributed by atoms with Crippen molar-refractivity contribution >= 4 is 163 Å². The quantitative estimate of drug-likeness (QED) is 0.102. The van der Waals surface area contributed by atoms with E-state index in [0.717, 1.165) is 93.6 Å². The largest absolute Gasteiger partial charge is 0.394 e. The summed E-state index contributed by atoms with van der Waals surface area (Å²) in [5.41, 5.74) is 8.78. The minimum atomic E-state index is -1.31. The number of fused-ring (bicyclic) bond motifs is 9. The van der Waals surface area contributed by atoms with E-state index in [1.54, 1.807) is 6.08 Å². The van der Waals surface area contributed by atoms with E-state index in [0.29, 0.717) is 6.42 Å². The summed E-state index contributed by atoms with van der Waals surface area (Å²) in [6.07, 6.45) is 1.34. The van der Waals surface area contributed by atoms with Gasteiger partial charge < -0.3 is 20.4 Å². The first-order valence-corrected chi connectivity index (χ1v) is 28.6. The zero-order valence-corrected chi connectivity index (χ0v) is 46.7. The Morgan fingerprint density at radius 3 is 1.12 bits per heavy atom. The molecule has 0 saturated carbocycles. The summed E-state index contributed by atoms with van der Waals surface area (Å²) in [5, 5.41) is 41.3. The third-order valence-electron chi connectivity index (χ3n) is 10.2. The normalized spacial score (nSPS) is 14.1. The van der Waals surface area contributed by atoms with Gasteiger partial charge >= 0.3 is 0 Å². The molecule has 0 saturated heterocycles. The predicted octanol–water partition coefficient (Wildman–Crippen LogP) is 15.0. The highest BCUT2D eigenvalue weighted by Gasteiger charge is 2.43. The molecular formula is C45H33Br6I3O5. The maximum atomic E-state index is 12.2. The zero-order valence-electron chi connectivity index (χ0n) is 30.5. The standard InChI is InChI=1S/C16H14Br2O3.C16H12Br2O.C13H6Br2O.I2.HI/c17-9-1-3-12-13-4-2-10(18)6-15(13)16(21,14(12)5-9)7-11(20)8-19;1-2-7-16(19)14-8-10(17)3-5-12(14)13-6-4-11(18)9-15(13)16;14-7-1-3-9-10-4-2-8(15)6-12(10)13(16)11(9)5-7;1-2;/h1-6,11,19-21H,7-8H2;2-6,8-9,19H,1,7H2;1-6H;;1H. The summed E-state index contributed by atoms with van der Waals surface area (Å²) in [6, 6.07) is 35.2. The molecule has 1 atom stereocenters. The SMILES string of the molecule is C=CCC1(O)c2cc(Br)ccc2-c2ccc(Br)cc21.I.II.O=C1c2cc(Br)ccc2-c2ccc(Br)cc21.OCC(O)CC1(O)c2cc(Br)ccc2-c2ccc(Br)cc21. The number of halogens is 9. The third kappa shape index (κ3) is 10.1. The second-order valence-electron chi connectivity index (χ2n) is 13.7. The Labute approximate surface area is 434 Å². The lowest BCUT2D eigenvalue weighted by Gasteiger charge is -2.28. The summed E-state index contributed by atoms with van der Waals surface area (Å²) in [6.45, 7) is 3.40. The van der Waals surface area contributed by atoms with E-state index in [-0.39, 0.29) is 42.8 Å². The van der Waals surface area contributed by atoms with Crippen molar-refractivity contribution in [1.29, 1.82) is 0 Å². The molecule has 3 aliphatic rings. The van der Waals surface area contributed by atoms with E-state index in [4.69, 9.17) is 5.11 Å². The van der Waals surface area contributed by atoms with Crippen LogP contribution in [0.15, 0.2) is 149 Å². The number of ketones is 1. The van der Waals surface area contributed by atoms with Gasteiger partial charge in [-0.3, -0.25) is 4.79 Å². The average molecular weight is 1510 g/mol. The molecule has 1 unspecified atom stereocenters. The van der Waals surface area contributed by atoms with Crippen LogP contribution >= 0.6 is 157 Å². The monoisotopic (exact) mass is 1510 g/mol. The maximum absolute atomic E-state index is 12.2. The van der Waals surface area contributed by atoms with E-state index in [9.17, 15) is 20.1 Å². The van der Waals surface area contributed by atoms with E-state index < -0.39 is 17.3 Å². The highest BCUT2D eigenvalue weighted by Crippen LogP contribution is 2.52. The van der Waals surface area contributed by atoms with Gasteiger partial charge in [-0.05, 0) is 128 Å². The van der Waals surface area contributed by atoms with Gasteiger partial charge in [0.1, 0.15) is 11.2 Å². The van der Waals surface area contributed by atoms with Crippen molar-refractivity contribution < 1.29 is 25.2 Å². The molecule has 14 heteroatoms. The second-order valence-corrected chi connectivity index (χ2v) is 19.2. The Hall–Kier alpha value is -0.360. The van der Waals surface area contributed by atoms with E-state index in [1.165, 1.54) is 0 Å². The van der Waals surface area contributed by atoms with Crippen molar-refractivity contribution in [2.75, 3.05) is 6.61 Å². The Morgan fingerprint density at radius 1 is 0.525 bits per heavy atom. The number of aliphatic hydroxyl groups is 4. The fraction of sp³-hybridized carbons (Fsp3) is 0.133. The fourth-order valence-electron chi connectivity index (χ4n) is 7.74. The molecule has 5 nitrogen and oxygen atoms in total. The highest BCUT2D eigenvalue weighted by atomic mass is 128. The van der Waals surface area contributed by atoms with Crippen molar-refractivity contribution in [2.45, 2.75) is 30.1 Å². The van der Waals surface area contributed by atoms with Crippen LogP contribution in [0.25, 0.3) is 33.4 Å². The van der Waals surface area contributed by atoms with Gasteiger partial charge in [-0.1, -0.05) is 138 Å². The molecule has 0 fully saturated rings. The van der Waals surface area contributed by atoms with Crippen molar-refractivity contribution in [3.63, 3.8) is 0 Å². The minimum Gasteiger partial charge on any atom is -0.394 e. The number of carbonyl (C=O) groups excluding carboxylic acids is 1. The van der Waals surface area contributed by atoms with Crippen LogP contribution in [0.3, 0.4) is 0 Å². The van der Waals surface area contributed by atoms with Crippen molar-refractivity contribution in [2.24, 2.45) is 0 Å². The molecule has 6 aromatic rings. The van der Waals surface area contributed by atoms with Crippen LogP contribution in [0.1, 0.15) is 51.0 Å². The van der Waals surface area contributed by atoms with Crippen LogP contribution in [0.2, 0.25) is 0 Å². The van der Waals surface area contributed by atoms with Crippen molar-refractivity contribution in [3.8, 4) is 33.4 Å². The lowest BCUT2D eigenvalue weighted by molar-refractivity contribution is -0.00120. The topological polar surface area (TPSA) is 98.0 Å². The zero-order chi connectivity index (χ0) is 42.1. The van der Waals surface area contributed by atoms with Gasteiger partial charge in [-0.2, -0.15) is 0 Å². The van der Waals surface area contributed by atoms with Crippen LogP contribution in [0, 0.1) is 0 Å². The van der Waals surface area contributed by atoms with E-state index >= 15 is 0 Å². The summed E-state index contributed by atoms with van der Waals surface area (Å²) >= 11 is 24.8. The molecule has 0 aliphatic heterocycles. The first-order chi connectivity index (χ1) is 27.7. The van der Waals surface area contributed by atoms with Gasteiger partial charge in [0.2, 0.25) is 0 Å². The molecule has 0 aromatic heterocycles. The Bertz CT molecular complexity index is 2410. The van der Waals surface area contributed by atoms with E-state index in [2.05, 4.69) is 139 Å². The maximum Gasteiger partial charge on any atom is 0.194 e. The lowest BCUT2D eigenvalue weighted by atomic mass is 9.86. The summed E-state index contributed by atoms with van der Waals surface area (Å²) in [7, 11) is 0. The summed E-state index contributed by atoms with van der Waals surface area (Å²) in [4.78, 5) is 12.2. The molecule has 0 bridgehead atoms. The van der Waals surface area contributed by atoms with Gasteiger partial charge in [0.25, 0.3) is 0 Å². The molecule has 4 N–H and O–H groups in total. The van der Waals surface area contributed by atoms with Gasteiger partial charge in [0.15, 0.2) is 5.78 Å². The van der Waals surface area contributed by atoms with Gasteiger partial charge in [0, 0.05) is 88.0 Å². The summed E-state index contributed by atoms with van der Waals surface area (Å²) < 4.78 is 5.55. The van der Waals surface area contributed by atoms with Crippen LogP contribution in [-0.4, -0.2) is 38.9 Å². The van der Waals surface area contributed by atoms with Crippen LogP contribution in [0.5, 0.6) is 0 Å². The van der Waals surface area contributed by atoms with Crippen LogP contribution < -0.4 is 0 Å². The molecule has 6 aromatic carbocycles. The molecule has 0 radical (unpaired) electrons. The first-order valence-electron chi connectivity index (χ1n) is 17.5. The van der Waals surface area contributed by atoms with Gasteiger partial charge in [-0.25, -0.2) is 0 Å². The number of rotatable bonds is 5. The Balaban J connectivity index is 0.000000164. The molecule has 0 spiro atoms. The molecule has 9 rings (SSSR count). The number of hydrogen-bond donors (Lipinski definition) is 4. The number of aliphatic hydroxyl groups excluding tert-OH is 2. The van der Waals surface area contributed by atoms with Crippen LogP contribution in [0.4, 0.5) is 0 Å². The molecule has 306 valence electrons. The van der Waals surface area contributed by atoms with E-state index in [1.807, 2.05) is 109 Å². The minimum absolute atomic E-state index is 0. The van der Waals surface area contributed by atoms with Gasteiger partial charge in [-0.15, -0.1) is 30.6 Å².